The van der Waals surface area contributed by atoms with E-state index in [1.165, 1.54) is 0 Å². The molecule has 1 fully saturated rings. The van der Waals surface area contributed by atoms with Crippen molar-refractivity contribution in [3.63, 3.8) is 0 Å². The molecule has 1 aromatic carbocycles. The maximum Gasteiger partial charge on any atom is 0.179 e. The average Bonchev–Trinajstić information content (AvgIpc) is 2.90. The van der Waals surface area contributed by atoms with Gasteiger partial charge in [0.15, 0.2) is 5.82 Å². The fourth-order valence-electron chi connectivity index (χ4n) is 2.11. The van der Waals surface area contributed by atoms with Gasteiger partial charge in [-0.2, -0.15) is 10.3 Å². The van der Waals surface area contributed by atoms with Gasteiger partial charge in [-0.15, -0.1) is 5.10 Å². The smallest absolute Gasteiger partial charge is 0.179 e. The number of hydrogen-bond donors (Lipinski definition) is 2. The number of aromatic amines is 1. The standard InChI is InChI=1S/C12H15N5/c1-2-4-10(5-3-1)11-12(15-16-14-11)17-8-6-13-7-9-17/h1-5,13H,6-9H2,(H,14,15,16). The van der Waals surface area contributed by atoms with Gasteiger partial charge in [-0.05, 0) is 0 Å². The van der Waals surface area contributed by atoms with E-state index in [9.17, 15) is 0 Å². The van der Waals surface area contributed by atoms with E-state index in [4.69, 9.17) is 0 Å². The van der Waals surface area contributed by atoms with E-state index in [0.717, 1.165) is 43.3 Å². The van der Waals surface area contributed by atoms with Gasteiger partial charge in [-0.3, -0.25) is 0 Å². The van der Waals surface area contributed by atoms with Crippen LogP contribution in [0.1, 0.15) is 0 Å². The molecule has 0 amide bonds. The molecular weight excluding hydrogens is 214 g/mol. The Morgan fingerprint density at radius 1 is 1.00 bits per heavy atom. The molecule has 1 aromatic heterocycles. The molecule has 2 heterocycles. The maximum atomic E-state index is 4.28. The zero-order valence-corrected chi connectivity index (χ0v) is 9.56. The quantitative estimate of drug-likeness (QED) is 0.802. The zero-order valence-electron chi connectivity index (χ0n) is 9.56. The van der Waals surface area contributed by atoms with Gasteiger partial charge in [0.05, 0.1) is 0 Å². The molecule has 0 aliphatic carbocycles. The number of piperazine rings is 1. The molecule has 88 valence electrons. The number of nitrogens with zero attached hydrogens (tertiary/aromatic N) is 3. The third kappa shape index (κ3) is 2.01. The summed E-state index contributed by atoms with van der Waals surface area (Å²) in [6.45, 7) is 3.96. The van der Waals surface area contributed by atoms with Gasteiger partial charge in [0, 0.05) is 31.7 Å². The van der Waals surface area contributed by atoms with E-state index >= 15 is 0 Å². The van der Waals surface area contributed by atoms with Gasteiger partial charge in [-0.1, -0.05) is 30.3 Å². The highest BCUT2D eigenvalue weighted by Gasteiger charge is 2.18. The van der Waals surface area contributed by atoms with Crippen molar-refractivity contribution in [3.8, 4) is 11.3 Å². The fourth-order valence-corrected chi connectivity index (χ4v) is 2.11. The molecule has 2 N–H and O–H groups in total. The number of aromatic nitrogens is 3. The monoisotopic (exact) mass is 229 g/mol. The molecule has 0 atom stereocenters. The van der Waals surface area contributed by atoms with Crippen LogP contribution in [0.5, 0.6) is 0 Å². The Balaban J connectivity index is 1.93. The molecule has 5 nitrogen and oxygen atoms in total. The van der Waals surface area contributed by atoms with Crippen molar-refractivity contribution < 1.29 is 0 Å². The lowest BCUT2D eigenvalue weighted by molar-refractivity contribution is 0.585. The molecule has 0 spiro atoms. The van der Waals surface area contributed by atoms with Crippen molar-refractivity contribution in [2.45, 2.75) is 0 Å². The predicted octanol–water partition coefficient (Wildman–Crippen LogP) is 0.881. The normalized spacial score (nSPS) is 16.1. The Morgan fingerprint density at radius 3 is 2.53 bits per heavy atom. The van der Waals surface area contributed by atoms with Crippen LogP contribution in [0.3, 0.4) is 0 Å². The van der Waals surface area contributed by atoms with Gasteiger partial charge in [0.2, 0.25) is 0 Å². The zero-order chi connectivity index (χ0) is 11.5. The Kier molecular flexibility index (Phi) is 2.75. The summed E-state index contributed by atoms with van der Waals surface area (Å²) in [7, 11) is 0. The number of rotatable bonds is 2. The minimum atomic E-state index is 0.938. The van der Waals surface area contributed by atoms with Gasteiger partial charge in [0.25, 0.3) is 0 Å². The first-order chi connectivity index (χ1) is 8.45. The van der Waals surface area contributed by atoms with Gasteiger partial charge >= 0.3 is 0 Å². The van der Waals surface area contributed by atoms with E-state index in [1.807, 2.05) is 18.2 Å². The molecule has 1 aliphatic rings. The Bertz CT molecular complexity index is 473. The fraction of sp³-hybridized carbons (Fsp3) is 0.333. The summed E-state index contributed by atoms with van der Waals surface area (Å²) in [5.74, 6) is 0.956. The average molecular weight is 229 g/mol. The Hall–Kier alpha value is -1.88. The lowest BCUT2D eigenvalue weighted by atomic mass is 10.1. The van der Waals surface area contributed by atoms with Crippen LogP contribution in [0.15, 0.2) is 30.3 Å². The highest BCUT2D eigenvalue weighted by molar-refractivity contribution is 5.71. The van der Waals surface area contributed by atoms with Crippen molar-refractivity contribution >= 4 is 5.82 Å². The molecule has 2 aromatic rings. The van der Waals surface area contributed by atoms with Crippen LogP contribution in [-0.2, 0) is 0 Å². The van der Waals surface area contributed by atoms with Gasteiger partial charge in [0.1, 0.15) is 5.69 Å². The van der Waals surface area contributed by atoms with Crippen molar-refractivity contribution in [1.29, 1.82) is 0 Å². The Morgan fingerprint density at radius 2 is 1.76 bits per heavy atom. The molecule has 1 saturated heterocycles. The molecule has 0 bridgehead atoms. The minimum Gasteiger partial charge on any atom is -0.351 e. The minimum absolute atomic E-state index is 0.938. The summed E-state index contributed by atoms with van der Waals surface area (Å²) >= 11 is 0. The number of hydrogen-bond acceptors (Lipinski definition) is 4. The third-order valence-corrected chi connectivity index (χ3v) is 2.99. The Labute approximate surface area is 99.8 Å². The van der Waals surface area contributed by atoms with E-state index in [-0.39, 0.29) is 0 Å². The van der Waals surface area contributed by atoms with Crippen molar-refractivity contribution in [2.75, 3.05) is 31.1 Å². The van der Waals surface area contributed by atoms with Gasteiger partial charge < -0.3 is 10.2 Å². The maximum absolute atomic E-state index is 4.28. The second kappa shape index (κ2) is 4.55. The SMILES string of the molecule is c1ccc(-c2n[nH]nc2N2CCNCC2)cc1. The molecule has 0 radical (unpaired) electrons. The summed E-state index contributed by atoms with van der Waals surface area (Å²) in [4.78, 5) is 2.27. The summed E-state index contributed by atoms with van der Waals surface area (Å²) in [6.07, 6.45) is 0. The van der Waals surface area contributed by atoms with Crippen LogP contribution in [0.25, 0.3) is 11.3 Å². The largest absolute Gasteiger partial charge is 0.351 e. The van der Waals surface area contributed by atoms with Gasteiger partial charge in [-0.25, -0.2) is 0 Å². The third-order valence-electron chi connectivity index (χ3n) is 2.99. The predicted molar refractivity (Wildman–Crippen MR) is 66.9 cm³/mol. The van der Waals surface area contributed by atoms with Crippen LogP contribution < -0.4 is 10.2 Å². The molecule has 3 rings (SSSR count). The highest BCUT2D eigenvalue weighted by Crippen LogP contribution is 2.26. The highest BCUT2D eigenvalue weighted by atomic mass is 15.4. The van der Waals surface area contributed by atoms with Crippen LogP contribution >= 0.6 is 0 Å². The first kappa shape index (κ1) is 10.3. The molecule has 0 saturated carbocycles. The van der Waals surface area contributed by atoms with E-state index in [2.05, 4.69) is 37.8 Å². The van der Waals surface area contributed by atoms with Crippen LogP contribution in [0, 0.1) is 0 Å². The summed E-state index contributed by atoms with van der Waals surface area (Å²) < 4.78 is 0. The number of anilines is 1. The van der Waals surface area contributed by atoms with Crippen LogP contribution in [-0.4, -0.2) is 41.6 Å². The van der Waals surface area contributed by atoms with Crippen molar-refractivity contribution in [1.82, 2.24) is 20.7 Å². The van der Waals surface area contributed by atoms with Crippen LogP contribution in [0.2, 0.25) is 0 Å². The van der Waals surface area contributed by atoms with Crippen molar-refractivity contribution in [2.24, 2.45) is 0 Å². The first-order valence-electron chi connectivity index (χ1n) is 5.87. The molecule has 17 heavy (non-hydrogen) atoms. The number of H-pyrrole nitrogens is 1. The van der Waals surface area contributed by atoms with Crippen molar-refractivity contribution in [3.05, 3.63) is 30.3 Å². The second-order valence-electron chi connectivity index (χ2n) is 4.10. The molecule has 1 aliphatic heterocycles. The molecule has 5 heteroatoms. The van der Waals surface area contributed by atoms with Crippen LogP contribution in [0.4, 0.5) is 5.82 Å². The van der Waals surface area contributed by atoms with E-state index < -0.39 is 0 Å². The molecular formula is C12H15N5. The topological polar surface area (TPSA) is 56.8 Å². The lowest BCUT2D eigenvalue weighted by Crippen LogP contribution is -2.43. The number of benzene rings is 1. The second-order valence-corrected chi connectivity index (χ2v) is 4.10. The lowest BCUT2D eigenvalue weighted by Gasteiger charge is -2.27. The van der Waals surface area contributed by atoms with E-state index in [0.29, 0.717) is 0 Å². The summed E-state index contributed by atoms with van der Waals surface area (Å²) in [5.41, 5.74) is 2.04. The summed E-state index contributed by atoms with van der Waals surface area (Å²) in [5, 5.41) is 14.6. The van der Waals surface area contributed by atoms with E-state index in [1.54, 1.807) is 0 Å². The first-order valence-corrected chi connectivity index (χ1v) is 5.87. The number of nitrogens with one attached hydrogen (secondary N) is 2. The molecule has 0 unspecified atom stereocenters. The summed E-state index contributed by atoms with van der Waals surface area (Å²) in [6, 6.07) is 10.2.